The lowest BCUT2D eigenvalue weighted by Crippen LogP contribution is -2.58. The van der Waals surface area contributed by atoms with Gasteiger partial charge in [-0.2, -0.15) is 0 Å². The second-order valence-corrected chi connectivity index (χ2v) is 6.75. The van der Waals surface area contributed by atoms with Gasteiger partial charge in [0.1, 0.15) is 0 Å². The van der Waals surface area contributed by atoms with Crippen molar-refractivity contribution in [2.45, 2.75) is 57.7 Å². The van der Waals surface area contributed by atoms with Crippen LogP contribution in [-0.4, -0.2) is 36.6 Å². The van der Waals surface area contributed by atoms with E-state index in [1.807, 2.05) is 0 Å². The summed E-state index contributed by atoms with van der Waals surface area (Å²) in [6.45, 7) is 8.19. The van der Waals surface area contributed by atoms with Crippen LogP contribution in [0.25, 0.3) is 0 Å². The van der Waals surface area contributed by atoms with Crippen LogP contribution >= 0.6 is 0 Å². The number of fused-ring (bicyclic) bond motifs is 1. The summed E-state index contributed by atoms with van der Waals surface area (Å²) in [7, 11) is 0. The molecule has 2 N–H and O–H groups in total. The van der Waals surface area contributed by atoms with Gasteiger partial charge in [0.25, 0.3) is 0 Å². The third-order valence-corrected chi connectivity index (χ3v) is 5.28. The van der Waals surface area contributed by atoms with Gasteiger partial charge in [0.2, 0.25) is 0 Å². The van der Waals surface area contributed by atoms with Gasteiger partial charge < -0.3 is 10.6 Å². The first kappa shape index (κ1) is 14.9. The van der Waals surface area contributed by atoms with E-state index in [9.17, 15) is 0 Å². The number of anilines is 1. The van der Waals surface area contributed by atoms with Crippen LogP contribution < -0.4 is 10.6 Å². The van der Waals surface area contributed by atoms with E-state index >= 15 is 0 Å². The average molecular weight is 287 g/mol. The minimum absolute atomic E-state index is 0.173. The van der Waals surface area contributed by atoms with Gasteiger partial charge in [0.15, 0.2) is 0 Å². The molecule has 2 saturated heterocycles. The van der Waals surface area contributed by atoms with Crippen LogP contribution in [-0.2, 0) is 0 Å². The van der Waals surface area contributed by atoms with E-state index in [0.29, 0.717) is 6.04 Å². The molecule has 3 atom stereocenters. The van der Waals surface area contributed by atoms with Crippen molar-refractivity contribution in [1.82, 2.24) is 4.90 Å². The Hall–Kier alpha value is -1.06. The van der Waals surface area contributed by atoms with Gasteiger partial charge in [-0.05, 0) is 50.4 Å². The van der Waals surface area contributed by atoms with Crippen molar-refractivity contribution in [1.29, 1.82) is 0 Å². The Bertz CT molecular complexity index is 456. The zero-order chi connectivity index (χ0) is 14.8. The van der Waals surface area contributed by atoms with Gasteiger partial charge in [-0.3, -0.25) is 4.90 Å². The molecule has 2 fully saturated rings. The fraction of sp³-hybridized carbons (Fsp3) is 0.667. The number of nitrogens with two attached hydrogens (primary N) is 1. The van der Waals surface area contributed by atoms with E-state index in [2.05, 4.69) is 47.9 Å². The molecule has 0 aromatic heterocycles. The van der Waals surface area contributed by atoms with E-state index in [-0.39, 0.29) is 6.04 Å². The minimum Gasteiger partial charge on any atom is -0.366 e. The predicted octanol–water partition coefficient (Wildman–Crippen LogP) is 3.16. The average Bonchev–Trinajstić information content (AvgIpc) is 2.53. The standard InChI is InChI=1S/C18H29N3/c1-3-18(19)15-7-9-16(10-8-15)21-13-17-6-4-5-11-20(17)12-14(21)2/h7-10,14,17-18H,3-6,11-13,19H2,1-2H3/t14?,17?,18-/m1/s1. The quantitative estimate of drug-likeness (QED) is 0.927. The molecule has 3 heteroatoms. The van der Waals surface area contributed by atoms with Crippen LogP contribution in [0.4, 0.5) is 5.69 Å². The summed E-state index contributed by atoms with van der Waals surface area (Å²) >= 11 is 0. The maximum atomic E-state index is 6.12. The molecule has 2 aliphatic heterocycles. The maximum Gasteiger partial charge on any atom is 0.0389 e. The molecule has 116 valence electrons. The van der Waals surface area contributed by atoms with Crippen molar-refractivity contribution >= 4 is 5.69 Å². The summed E-state index contributed by atoms with van der Waals surface area (Å²) in [5, 5.41) is 0. The summed E-state index contributed by atoms with van der Waals surface area (Å²) in [6, 6.07) is 10.5. The number of piperazine rings is 1. The number of hydrogen-bond donors (Lipinski definition) is 1. The van der Waals surface area contributed by atoms with Crippen LogP contribution in [0.3, 0.4) is 0 Å². The highest BCUT2D eigenvalue weighted by Crippen LogP contribution is 2.29. The number of piperidine rings is 1. The Kier molecular flexibility index (Phi) is 4.51. The first-order valence-corrected chi connectivity index (χ1v) is 8.55. The summed E-state index contributed by atoms with van der Waals surface area (Å²) in [4.78, 5) is 5.29. The molecule has 2 heterocycles. The molecule has 0 radical (unpaired) electrons. The molecular formula is C18H29N3. The minimum atomic E-state index is 0.173. The summed E-state index contributed by atoms with van der Waals surface area (Å²) < 4.78 is 0. The molecule has 3 rings (SSSR count). The molecule has 0 bridgehead atoms. The predicted molar refractivity (Wildman–Crippen MR) is 89.7 cm³/mol. The Morgan fingerprint density at radius 3 is 2.67 bits per heavy atom. The number of nitrogens with zero attached hydrogens (tertiary/aromatic N) is 2. The monoisotopic (exact) mass is 287 g/mol. The molecule has 1 aromatic carbocycles. The highest BCUT2D eigenvalue weighted by Gasteiger charge is 2.32. The molecule has 0 saturated carbocycles. The topological polar surface area (TPSA) is 32.5 Å². The van der Waals surface area contributed by atoms with Gasteiger partial charge >= 0.3 is 0 Å². The Balaban J connectivity index is 1.73. The lowest BCUT2D eigenvalue weighted by Gasteiger charge is -2.48. The SMILES string of the molecule is CC[C@@H](N)c1ccc(N2CC3CCCCN3CC2C)cc1. The van der Waals surface area contributed by atoms with Gasteiger partial charge in [-0.15, -0.1) is 0 Å². The fourth-order valence-electron chi connectivity index (χ4n) is 3.86. The van der Waals surface area contributed by atoms with Crippen LogP contribution in [0.15, 0.2) is 24.3 Å². The lowest BCUT2D eigenvalue weighted by atomic mass is 9.96. The van der Waals surface area contributed by atoms with E-state index in [0.717, 1.165) is 12.5 Å². The van der Waals surface area contributed by atoms with Crippen molar-refractivity contribution in [3.63, 3.8) is 0 Å². The molecule has 21 heavy (non-hydrogen) atoms. The fourth-order valence-corrected chi connectivity index (χ4v) is 3.86. The first-order chi connectivity index (χ1) is 10.2. The van der Waals surface area contributed by atoms with Crippen LogP contribution in [0.5, 0.6) is 0 Å². The summed E-state index contributed by atoms with van der Waals surface area (Å²) in [5.41, 5.74) is 8.73. The smallest absolute Gasteiger partial charge is 0.0389 e. The van der Waals surface area contributed by atoms with Crippen molar-refractivity contribution in [3.8, 4) is 0 Å². The highest BCUT2D eigenvalue weighted by atomic mass is 15.3. The van der Waals surface area contributed by atoms with Gasteiger partial charge in [0.05, 0.1) is 0 Å². The zero-order valence-corrected chi connectivity index (χ0v) is 13.5. The van der Waals surface area contributed by atoms with Crippen molar-refractivity contribution in [2.24, 2.45) is 5.73 Å². The largest absolute Gasteiger partial charge is 0.366 e. The molecule has 0 aliphatic carbocycles. The van der Waals surface area contributed by atoms with Gasteiger partial charge in [-0.1, -0.05) is 25.5 Å². The second kappa shape index (κ2) is 6.37. The van der Waals surface area contributed by atoms with E-state index in [1.54, 1.807) is 0 Å². The lowest BCUT2D eigenvalue weighted by molar-refractivity contribution is 0.115. The van der Waals surface area contributed by atoms with Crippen molar-refractivity contribution in [3.05, 3.63) is 29.8 Å². The molecule has 0 amide bonds. The van der Waals surface area contributed by atoms with E-state index < -0.39 is 0 Å². The second-order valence-electron chi connectivity index (χ2n) is 6.75. The van der Waals surface area contributed by atoms with Crippen LogP contribution in [0.2, 0.25) is 0 Å². The van der Waals surface area contributed by atoms with Gasteiger partial charge in [0, 0.05) is 36.9 Å². The molecule has 2 unspecified atom stereocenters. The van der Waals surface area contributed by atoms with Crippen LogP contribution in [0, 0.1) is 0 Å². The molecule has 0 spiro atoms. The third kappa shape index (κ3) is 3.09. The normalized spacial score (nSPS) is 28.2. The van der Waals surface area contributed by atoms with E-state index in [4.69, 9.17) is 5.73 Å². The zero-order valence-electron chi connectivity index (χ0n) is 13.5. The highest BCUT2D eigenvalue weighted by molar-refractivity contribution is 5.49. The number of hydrogen-bond acceptors (Lipinski definition) is 3. The summed E-state index contributed by atoms with van der Waals surface area (Å²) in [6.07, 6.45) is 5.14. The summed E-state index contributed by atoms with van der Waals surface area (Å²) in [5.74, 6) is 0. The first-order valence-electron chi connectivity index (χ1n) is 8.55. The molecular weight excluding hydrogens is 258 g/mol. The molecule has 1 aromatic rings. The number of rotatable bonds is 3. The Morgan fingerprint density at radius 2 is 1.95 bits per heavy atom. The van der Waals surface area contributed by atoms with Gasteiger partial charge in [-0.25, -0.2) is 0 Å². The molecule has 3 nitrogen and oxygen atoms in total. The molecule has 2 aliphatic rings. The van der Waals surface area contributed by atoms with Crippen LogP contribution in [0.1, 0.15) is 51.1 Å². The Morgan fingerprint density at radius 1 is 1.19 bits per heavy atom. The third-order valence-electron chi connectivity index (χ3n) is 5.28. The van der Waals surface area contributed by atoms with E-state index in [1.165, 1.54) is 50.1 Å². The number of benzene rings is 1. The van der Waals surface area contributed by atoms with Crippen molar-refractivity contribution < 1.29 is 0 Å². The maximum absolute atomic E-state index is 6.12. The Labute approximate surface area is 129 Å². The van der Waals surface area contributed by atoms with Crippen molar-refractivity contribution in [2.75, 3.05) is 24.5 Å².